The van der Waals surface area contributed by atoms with Gasteiger partial charge in [-0.3, -0.25) is 14.4 Å². The van der Waals surface area contributed by atoms with Gasteiger partial charge in [0.1, 0.15) is 0 Å². The lowest BCUT2D eigenvalue weighted by Gasteiger charge is -2.31. The molecule has 2 unspecified atom stereocenters. The number of amides is 2. The van der Waals surface area contributed by atoms with Crippen LogP contribution in [0.3, 0.4) is 0 Å². The first-order valence-electron chi connectivity index (χ1n) is 8.74. The van der Waals surface area contributed by atoms with E-state index in [1.165, 1.54) is 6.92 Å². The van der Waals surface area contributed by atoms with Crippen molar-refractivity contribution < 1.29 is 19.1 Å². The standard InChI is InChI=1S/C19H23N3O4/c1-3-17(23)22-9-5-7-15(12-22)19(25)26-13(2)18(24)21-16-8-4-6-14(10-16)11-20/h4,6,8,10,13,15H,3,5,7,9,12H2,1-2H3,(H,21,24). The third kappa shape index (κ3) is 5.06. The van der Waals surface area contributed by atoms with E-state index in [0.717, 1.165) is 6.42 Å². The van der Waals surface area contributed by atoms with Gasteiger partial charge in [0.05, 0.1) is 17.6 Å². The van der Waals surface area contributed by atoms with Crippen molar-refractivity contribution >= 4 is 23.5 Å². The van der Waals surface area contributed by atoms with Crippen LogP contribution in [0.25, 0.3) is 0 Å². The van der Waals surface area contributed by atoms with E-state index in [1.807, 2.05) is 6.07 Å². The van der Waals surface area contributed by atoms with Crippen molar-refractivity contribution in [2.75, 3.05) is 18.4 Å². The van der Waals surface area contributed by atoms with Crippen LogP contribution in [-0.4, -0.2) is 41.9 Å². The van der Waals surface area contributed by atoms with Crippen molar-refractivity contribution in [2.24, 2.45) is 5.92 Å². The van der Waals surface area contributed by atoms with Crippen molar-refractivity contribution in [3.8, 4) is 6.07 Å². The second-order valence-corrected chi connectivity index (χ2v) is 6.29. The van der Waals surface area contributed by atoms with Gasteiger partial charge in [-0.05, 0) is 38.0 Å². The van der Waals surface area contributed by atoms with E-state index in [4.69, 9.17) is 10.00 Å². The molecule has 138 valence electrons. The topological polar surface area (TPSA) is 99.5 Å². The summed E-state index contributed by atoms with van der Waals surface area (Å²) in [5, 5.41) is 11.5. The molecule has 1 aromatic carbocycles. The molecule has 1 saturated heterocycles. The molecule has 1 aliphatic rings. The van der Waals surface area contributed by atoms with Crippen LogP contribution in [0.15, 0.2) is 24.3 Å². The highest BCUT2D eigenvalue weighted by molar-refractivity contribution is 5.95. The maximum absolute atomic E-state index is 12.3. The van der Waals surface area contributed by atoms with Gasteiger partial charge >= 0.3 is 5.97 Å². The van der Waals surface area contributed by atoms with Gasteiger partial charge in [-0.1, -0.05) is 13.0 Å². The fraction of sp³-hybridized carbons (Fsp3) is 0.474. The van der Waals surface area contributed by atoms with Crippen LogP contribution in [0, 0.1) is 17.2 Å². The summed E-state index contributed by atoms with van der Waals surface area (Å²) in [5.74, 6) is -1.32. The fourth-order valence-electron chi connectivity index (χ4n) is 2.85. The molecule has 1 N–H and O–H groups in total. The summed E-state index contributed by atoms with van der Waals surface area (Å²) in [6, 6.07) is 8.48. The van der Waals surface area contributed by atoms with Crippen LogP contribution in [0.2, 0.25) is 0 Å². The third-order valence-corrected chi connectivity index (χ3v) is 4.33. The van der Waals surface area contributed by atoms with Crippen molar-refractivity contribution in [2.45, 2.75) is 39.2 Å². The molecule has 7 nitrogen and oxygen atoms in total. The Morgan fingerprint density at radius 2 is 2.19 bits per heavy atom. The molecular weight excluding hydrogens is 334 g/mol. The highest BCUT2D eigenvalue weighted by Gasteiger charge is 2.30. The molecule has 7 heteroatoms. The Morgan fingerprint density at radius 1 is 1.42 bits per heavy atom. The number of nitrogens with one attached hydrogen (secondary N) is 1. The van der Waals surface area contributed by atoms with Gasteiger partial charge in [0.15, 0.2) is 6.10 Å². The van der Waals surface area contributed by atoms with Gasteiger partial charge in [-0.2, -0.15) is 5.26 Å². The molecule has 1 fully saturated rings. The minimum Gasteiger partial charge on any atom is -0.452 e. The van der Waals surface area contributed by atoms with E-state index in [1.54, 1.807) is 36.1 Å². The molecule has 0 radical (unpaired) electrons. The van der Waals surface area contributed by atoms with E-state index < -0.39 is 23.9 Å². The Balaban J connectivity index is 1.90. The fourth-order valence-corrected chi connectivity index (χ4v) is 2.85. The molecule has 1 aliphatic heterocycles. The molecule has 2 rings (SSSR count). The first-order chi connectivity index (χ1) is 12.4. The van der Waals surface area contributed by atoms with Gasteiger partial charge in [0.25, 0.3) is 5.91 Å². The molecule has 0 aliphatic carbocycles. The highest BCUT2D eigenvalue weighted by Crippen LogP contribution is 2.19. The van der Waals surface area contributed by atoms with Gasteiger partial charge in [-0.15, -0.1) is 0 Å². The van der Waals surface area contributed by atoms with Crippen molar-refractivity contribution in [1.82, 2.24) is 4.90 Å². The Kier molecular flexibility index (Phi) is 6.73. The molecule has 1 heterocycles. The molecule has 0 saturated carbocycles. The van der Waals surface area contributed by atoms with E-state index in [0.29, 0.717) is 37.2 Å². The zero-order chi connectivity index (χ0) is 19.1. The van der Waals surface area contributed by atoms with E-state index in [9.17, 15) is 14.4 Å². The average molecular weight is 357 g/mol. The summed E-state index contributed by atoms with van der Waals surface area (Å²) >= 11 is 0. The van der Waals surface area contributed by atoms with E-state index in [2.05, 4.69) is 5.32 Å². The number of carbonyl (C=O) groups excluding carboxylic acids is 3. The minimum absolute atomic E-state index is 0.0191. The number of ether oxygens (including phenoxy) is 1. The lowest BCUT2D eigenvalue weighted by Crippen LogP contribution is -2.43. The zero-order valence-corrected chi connectivity index (χ0v) is 15.0. The predicted octanol–water partition coefficient (Wildman–Crippen LogP) is 2.08. The Morgan fingerprint density at radius 3 is 2.88 bits per heavy atom. The maximum atomic E-state index is 12.3. The summed E-state index contributed by atoms with van der Waals surface area (Å²) in [6.45, 7) is 4.28. The molecule has 2 amide bonds. The highest BCUT2D eigenvalue weighted by atomic mass is 16.5. The number of carbonyl (C=O) groups is 3. The smallest absolute Gasteiger partial charge is 0.311 e. The lowest BCUT2D eigenvalue weighted by atomic mass is 9.98. The van der Waals surface area contributed by atoms with Gasteiger partial charge < -0.3 is 15.0 Å². The summed E-state index contributed by atoms with van der Waals surface area (Å²) in [7, 11) is 0. The Labute approximate surface area is 152 Å². The molecule has 0 spiro atoms. The van der Waals surface area contributed by atoms with Crippen LogP contribution >= 0.6 is 0 Å². The third-order valence-electron chi connectivity index (χ3n) is 4.33. The van der Waals surface area contributed by atoms with Crippen LogP contribution in [0.5, 0.6) is 0 Å². The van der Waals surface area contributed by atoms with Crippen LogP contribution in [0.1, 0.15) is 38.7 Å². The molecule has 0 bridgehead atoms. The first-order valence-corrected chi connectivity index (χ1v) is 8.74. The van der Waals surface area contributed by atoms with Crippen LogP contribution < -0.4 is 5.32 Å². The molecular formula is C19H23N3O4. The first kappa shape index (κ1) is 19.4. The lowest BCUT2D eigenvalue weighted by molar-refractivity contribution is -0.159. The molecule has 1 aromatic rings. The Hall–Kier alpha value is -2.88. The normalized spacial score (nSPS) is 17.7. The van der Waals surface area contributed by atoms with Crippen molar-refractivity contribution in [3.63, 3.8) is 0 Å². The summed E-state index contributed by atoms with van der Waals surface area (Å²) < 4.78 is 5.29. The van der Waals surface area contributed by atoms with E-state index >= 15 is 0 Å². The second-order valence-electron chi connectivity index (χ2n) is 6.29. The number of hydrogen-bond acceptors (Lipinski definition) is 5. The summed E-state index contributed by atoms with van der Waals surface area (Å²) in [4.78, 5) is 38.0. The predicted molar refractivity (Wildman–Crippen MR) is 94.9 cm³/mol. The van der Waals surface area contributed by atoms with Crippen LogP contribution in [0.4, 0.5) is 5.69 Å². The van der Waals surface area contributed by atoms with E-state index in [-0.39, 0.29) is 5.91 Å². The number of rotatable bonds is 5. The number of anilines is 1. The maximum Gasteiger partial charge on any atom is 0.311 e. The number of nitrogens with zero attached hydrogens (tertiary/aromatic N) is 2. The monoisotopic (exact) mass is 357 g/mol. The number of likely N-dealkylation sites (tertiary alicyclic amines) is 1. The molecule has 26 heavy (non-hydrogen) atoms. The zero-order valence-electron chi connectivity index (χ0n) is 15.0. The molecule has 2 atom stereocenters. The number of hydrogen-bond donors (Lipinski definition) is 1. The van der Waals surface area contributed by atoms with Gasteiger partial charge in [-0.25, -0.2) is 0 Å². The minimum atomic E-state index is -0.967. The quantitative estimate of drug-likeness (QED) is 0.813. The number of piperidine rings is 1. The molecule has 0 aromatic heterocycles. The second kappa shape index (κ2) is 8.99. The van der Waals surface area contributed by atoms with Gasteiger partial charge in [0, 0.05) is 25.2 Å². The Bertz CT molecular complexity index is 726. The largest absolute Gasteiger partial charge is 0.452 e. The van der Waals surface area contributed by atoms with Crippen LogP contribution in [-0.2, 0) is 19.1 Å². The van der Waals surface area contributed by atoms with Crippen molar-refractivity contribution in [1.29, 1.82) is 5.26 Å². The average Bonchev–Trinajstić information content (AvgIpc) is 2.67. The number of esters is 1. The SMILES string of the molecule is CCC(=O)N1CCCC(C(=O)OC(C)C(=O)Nc2cccc(C#N)c2)C1. The summed E-state index contributed by atoms with van der Waals surface area (Å²) in [6.07, 6.45) is 0.825. The summed E-state index contributed by atoms with van der Waals surface area (Å²) in [5.41, 5.74) is 0.893. The van der Waals surface area contributed by atoms with Crippen molar-refractivity contribution in [3.05, 3.63) is 29.8 Å². The number of benzene rings is 1. The van der Waals surface area contributed by atoms with Gasteiger partial charge in [0.2, 0.25) is 5.91 Å². The number of nitriles is 1.